The van der Waals surface area contributed by atoms with E-state index in [9.17, 15) is 9.59 Å². The third kappa shape index (κ3) is 3.11. The van der Waals surface area contributed by atoms with Gasteiger partial charge in [-0.3, -0.25) is 4.79 Å². The SMILES string of the molecule is COc1ccc(NC(=O)Cn2nc3c4ccccc4ncn3c2=O)cc1Cl. The van der Waals surface area contributed by atoms with Crippen molar-refractivity contribution >= 4 is 39.7 Å². The van der Waals surface area contributed by atoms with Crippen molar-refractivity contribution in [3.63, 3.8) is 0 Å². The number of halogens is 1. The number of amides is 1. The normalized spacial score (nSPS) is 11.0. The van der Waals surface area contributed by atoms with E-state index in [1.54, 1.807) is 18.2 Å². The van der Waals surface area contributed by atoms with Gasteiger partial charge in [-0.2, -0.15) is 0 Å². The van der Waals surface area contributed by atoms with Crippen LogP contribution in [0.2, 0.25) is 5.02 Å². The zero-order chi connectivity index (χ0) is 19.0. The number of fused-ring (bicyclic) bond motifs is 3. The van der Waals surface area contributed by atoms with Gasteiger partial charge in [-0.1, -0.05) is 23.7 Å². The molecule has 27 heavy (non-hydrogen) atoms. The molecule has 2 aromatic heterocycles. The number of anilines is 1. The second kappa shape index (κ2) is 6.73. The van der Waals surface area contributed by atoms with E-state index in [-0.39, 0.29) is 6.54 Å². The van der Waals surface area contributed by atoms with Crippen LogP contribution in [0.5, 0.6) is 5.75 Å². The Hall–Kier alpha value is -3.39. The van der Waals surface area contributed by atoms with E-state index in [1.807, 2.05) is 24.3 Å². The Balaban J connectivity index is 1.62. The summed E-state index contributed by atoms with van der Waals surface area (Å²) in [6.45, 7) is -0.238. The van der Waals surface area contributed by atoms with Crippen molar-refractivity contribution in [1.82, 2.24) is 19.2 Å². The predicted molar refractivity (Wildman–Crippen MR) is 101 cm³/mol. The summed E-state index contributed by atoms with van der Waals surface area (Å²) >= 11 is 6.05. The maximum Gasteiger partial charge on any atom is 0.352 e. The lowest BCUT2D eigenvalue weighted by Crippen LogP contribution is -2.28. The first-order valence-corrected chi connectivity index (χ1v) is 8.41. The fourth-order valence-electron chi connectivity index (χ4n) is 2.79. The standard InChI is InChI=1S/C18H14ClN5O3/c1-27-15-7-6-11(8-13(15)19)21-16(25)9-24-18(26)23-10-20-14-5-3-2-4-12(14)17(23)22-24/h2-8,10H,9H2,1H3,(H,21,25). The molecule has 0 saturated heterocycles. The first kappa shape index (κ1) is 17.0. The Morgan fingerprint density at radius 1 is 1.26 bits per heavy atom. The smallest absolute Gasteiger partial charge is 0.352 e. The molecule has 8 nitrogen and oxygen atoms in total. The molecule has 0 aliphatic carbocycles. The van der Waals surface area contributed by atoms with Gasteiger partial charge in [0.05, 0.1) is 17.6 Å². The number of aromatic nitrogens is 4. The molecule has 2 aromatic carbocycles. The Kier molecular flexibility index (Phi) is 4.25. The molecule has 0 spiro atoms. The molecule has 0 saturated carbocycles. The van der Waals surface area contributed by atoms with Crippen molar-refractivity contribution in [2.75, 3.05) is 12.4 Å². The van der Waals surface area contributed by atoms with Gasteiger partial charge in [-0.15, -0.1) is 5.10 Å². The van der Waals surface area contributed by atoms with E-state index in [1.165, 1.54) is 17.8 Å². The highest BCUT2D eigenvalue weighted by atomic mass is 35.5. The molecule has 0 aliphatic heterocycles. The molecular formula is C18H14ClN5O3. The first-order chi connectivity index (χ1) is 13.1. The predicted octanol–water partition coefficient (Wildman–Crippen LogP) is 2.34. The van der Waals surface area contributed by atoms with Crippen molar-refractivity contribution in [1.29, 1.82) is 0 Å². The average molecular weight is 384 g/mol. The van der Waals surface area contributed by atoms with Gasteiger partial charge in [0, 0.05) is 11.1 Å². The van der Waals surface area contributed by atoms with Crippen LogP contribution in [-0.4, -0.2) is 32.2 Å². The van der Waals surface area contributed by atoms with Gasteiger partial charge in [0.15, 0.2) is 5.65 Å². The molecular weight excluding hydrogens is 370 g/mol. The molecule has 4 aromatic rings. The van der Waals surface area contributed by atoms with Crippen LogP contribution in [0.3, 0.4) is 0 Å². The number of methoxy groups -OCH3 is 1. The summed E-state index contributed by atoms with van der Waals surface area (Å²) in [7, 11) is 1.51. The van der Waals surface area contributed by atoms with Gasteiger partial charge in [0.25, 0.3) is 0 Å². The molecule has 0 radical (unpaired) electrons. The fourth-order valence-corrected chi connectivity index (χ4v) is 3.04. The van der Waals surface area contributed by atoms with Crippen LogP contribution in [0.25, 0.3) is 16.6 Å². The summed E-state index contributed by atoms with van der Waals surface area (Å²) in [5.74, 6) is 0.101. The summed E-state index contributed by atoms with van der Waals surface area (Å²) in [6, 6.07) is 12.2. The molecule has 1 amide bonds. The Morgan fingerprint density at radius 2 is 2.07 bits per heavy atom. The summed E-state index contributed by atoms with van der Waals surface area (Å²) in [6.07, 6.45) is 1.41. The summed E-state index contributed by atoms with van der Waals surface area (Å²) in [4.78, 5) is 29.1. The van der Waals surface area contributed by atoms with Crippen LogP contribution < -0.4 is 15.7 Å². The fraction of sp³-hybridized carbons (Fsp3) is 0.111. The minimum atomic E-state index is -0.439. The molecule has 4 rings (SSSR count). The largest absolute Gasteiger partial charge is 0.495 e. The van der Waals surface area contributed by atoms with Crippen LogP contribution in [0.1, 0.15) is 0 Å². The molecule has 0 bridgehead atoms. The molecule has 1 N–H and O–H groups in total. The second-order valence-corrected chi connectivity index (χ2v) is 6.20. The Morgan fingerprint density at radius 3 is 2.85 bits per heavy atom. The first-order valence-electron chi connectivity index (χ1n) is 8.03. The maximum absolute atomic E-state index is 12.5. The lowest BCUT2D eigenvalue weighted by molar-refractivity contribution is -0.117. The van der Waals surface area contributed by atoms with Gasteiger partial charge < -0.3 is 10.1 Å². The Bertz CT molecular complexity index is 1230. The molecule has 0 aliphatic rings. The third-order valence-corrected chi connectivity index (χ3v) is 4.35. The van der Waals surface area contributed by atoms with Crippen LogP contribution in [-0.2, 0) is 11.3 Å². The zero-order valence-electron chi connectivity index (χ0n) is 14.2. The van der Waals surface area contributed by atoms with E-state index < -0.39 is 11.6 Å². The number of ether oxygens (including phenoxy) is 1. The Labute approximate surface area is 158 Å². The topological polar surface area (TPSA) is 90.5 Å². The van der Waals surface area contributed by atoms with Gasteiger partial charge in [-0.25, -0.2) is 18.9 Å². The van der Waals surface area contributed by atoms with E-state index in [0.717, 1.165) is 15.6 Å². The summed E-state index contributed by atoms with van der Waals surface area (Å²) in [5.41, 5.74) is 1.23. The monoisotopic (exact) mass is 383 g/mol. The number of nitrogens with zero attached hydrogens (tertiary/aromatic N) is 4. The highest BCUT2D eigenvalue weighted by Gasteiger charge is 2.14. The minimum absolute atomic E-state index is 0.238. The molecule has 0 unspecified atom stereocenters. The molecule has 0 fully saturated rings. The van der Waals surface area contributed by atoms with Gasteiger partial charge in [0.1, 0.15) is 18.6 Å². The summed E-state index contributed by atoms with van der Waals surface area (Å²) in [5, 5.41) is 8.08. The molecule has 0 atom stereocenters. The summed E-state index contributed by atoms with van der Waals surface area (Å²) < 4.78 is 7.50. The van der Waals surface area contributed by atoms with Crippen molar-refractivity contribution in [3.8, 4) is 5.75 Å². The lowest BCUT2D eigenvalue weighted by Gasteiger charge is -2.07. The molecule has 9 heteroatoms. The molecule has 2 heterocycles. The maximum atomic E-state index is 12.5. The quantitative estimate of drug-likeness (QED) is 0.584. The zero-order valence-corrected chi connectivity index (χ0v) is 15.0. The van der Waals surface area contributed by atoms with Crippen molar-refractivity contribution in [3.05, 3.63) is 64.3 Å². The van der Waals surface area contributed by atoms with Crippen molar-refractivity contribution in [2.45, 2.75) is 6.54 Å². The van der Waals surface area contributed by atoms with Crippen LogP contribution in [0, 0.1) is 0 Å². The highest BCUT2D eigenvalue weighted by molar-refractivity contribution is 6.32. The highest BCUT2D eigenvalue weighted by Crippen LogP contribution is 2.27. The second-order valence-electron chi connectivity index (χ2n) is 5.79. The number of rotatable bonds is 4. The minimum Gasteiger partial charge on any atom is -0.495 e. The van der Waals surface area contributed by atoms with Crippen LogP contribution in [0.15, 0.2) is 53.6 Å². The third-order valence-electron chi connectivity index (χ3n) is 4.06. The van der Waals surface area contributed by atoms with Crippen LogP contribution >= 0.6 is 11.6 Å². The number of para-hydroxylation sites is 1. The number of hydrogen-bond acceptors (Lipinski definition) is 5. The van der Waals surface area contributed by atoms with Crippen molar-refractivity contribution < 1.29 is 9.53 Å². The number of benzene rings is 2. The van der Waals surface area contributed by atoms with Gasteiger partial charge in [0.2, 0.25) is 5.91 Å². The van der Waals surface area contributed by atoms with E-state index in [4.69, 9.17) is 16.3 Å². The van der Waals surface area contributed by atoms with Crippen molar-refractivity contribution in [2.24, 2.45) is 0 Å². The van der Waals surface area contributed by atoms with Crippen LogP contribution in [0.4, 0.5) is 5.69 Å². The number of hydrogen-bond donors (Lipinski definition) is 1. The average Bonchev–Trinajstić information content (AvgIpc) is 2.98. The van der Waals surface area contributed by atoms with Gasteiger partial charge in [-0.05, 0) is 30.3 Å². The van der Waals surface area contributed by atoms with E-state index in [0.29, 0.717) is 22.1 Å². The number of carbonyl (C=O) groups is 1. The van der Waals surface area contributed by atoms with E-state index in [2.05, 4.69) is 15.4 Å². The number of carbonyl (C=O) groups excluding carboxylic acids is 1. The molecule has 136 valence electrons. The lowest BCUT2D eigenvalue weighted by atomic mass is 10.2. The number of nitrogens with one attached hydrogen (secondary N) is 1. The van der Waals surface area contributed by atoms with E-state index >= 15 is 0 Å². The van der Waals surface area contributed by atoms with Gasteiger partial charge >= 0.3 is 5.69 Å².